The van der Waals surface area contributed by atoms with Gasteiger partial charge in [0.05, 0.1) is 30.9 Å². The number of pyridine rings is 1. The lowest BCUT2D eigenvalue weighted by Crippen LogP contribution is -2.23. The smallest absolute Gasteiger partial charge is 0.478 e. The molecule has 0 bridgehead atoms. The number of carbonyl (C=O) groups excluding carboxylic acids is 1. The molecule has 1 aliphatic rings. The second kappa shape index (κ2) is 7.78. The molecule has 2 aromatic rings. The predicted octanol–water partition coefficient (Wildman–Crippen LogP) is 4.81. The normalized spacial score (nSPS) is 15.8. The number of hydrogen-bond acceptors (Lipinski definition) is 6. The Morgan fingerprint density at radius 3 is 2.77 bits per heavy atom. The number of nitrogens with one attached hydrogen (secondary N) is 1. The Balaban J connectivity index is 2.23. The second-order valence-corrected chi connectivity index (χ2v) is 6.49. The molecule has 1 aliphatic heterocycles. The molecule has 0 radical (unpaired) electrons. The SMILES string of the molecule is CCOc1nccc2c1C(c1ccccc1Br)C(OC(=O)OC)=C(C)N2. The van der Waals surface area contributed by atoms with Gasteiger partial charge in [0.15, 0.2) is 0 Å². The standard InChI is InChI=1S/C19H19BrN2O4/c1-4-25-18-16-14(9-10-21-18)22-11(2)17(26-19(23)24-3)15(16)12-7-5-6-8-13(12)20/h5-10,15,22H,4H2,1-3H3. The van der Waals surface area contributed by atoms with E-state index < -0.39 is 6.16 Å². The van der Waals surface area contributed by atoms with Crippen molar-refractivity contribution in [3.63, 3.8) is 0 Å². The molecule has 0 amide bonds. The van der Waals surface area contributed by atoms with Crippen LogP contribution in [0.15, 0.2) is 52.5 Å². The maximum absolute atomic E-state index is 11.8. The van der Waals surface area contributed by atoms with Crippen molar-refractivity contribution in [2.24, 2.45) is 0 Å². The topological polar surface area (TPSA) is 69.7 Å². The molecule has 3 rings (SSSR count). The van der Waals surface area contributed by atoms with E-state index in [-0.39, 0.29) is 5.92 Å². The molecule has 0 saturated heterocycles. The van der Waals surface area contributed by atoms with Crippen LogP contribution in [0.3, 0.4) is 0 Å². The number of hydrogen-bond donors (Lipinski definition) is 1. The minimum Gasteiger partial charge on any atom is -0.478 e. The predicted molar refractivity (Wildman–Crippen MR) is 101 cm³/mol. The summed E-state index contributed by atoms with van der Waals surface area (Å²) in [4.78, 5) is 16.2. The molecule has 6 nitrogen and oxygen atoms in total. The molecular formula is C19H19BrN2O4. The number of nitrogens with zero attached hydrogens (tertiary/aromatic N) is 1. The Hall–Kier alpha value is -2.54. The summed E-state index contributed by atoms with van der Waals surface area (Å²) in [5.74, 6) is 0.568. The lowest BCUT2D eigenvalue weighted by molar-refractivity contribution is 0.0927. The zero-order chi connectivity index (χ0) is 18.7. The number of halogens is 1. The van der Waals surface area contributed by atoms with Gasteiger partial charge in [-0.1, -0.05) is 34.1 Å². The van der Waals surface area contributed by atoms with E-state index in [1.54, 1.807) is 6.20 Å². The number of allylic oxidation sites excluding steroid dienone is 2. The van der Waals surface area contributed by atoms with Gasteiger partial charge in [-0.05, 0) is 31.5 Å². The van der Waals surface area contributed by atoms with Crippen molar-refractivity contribution in [2.45, 2.75) is 19.8 Å². The van der Waals surface area contributed by atoms with Crippen LogP contribution in [-0.2, 0) is 9.47 Å². The summed E-state index contributed by atoms with van der Waals surface area (Å²) < 4.78 is 16.9. The van der Waals surface area contributed by atoms with Crippen LogP contribution in [0.1, 0.15) is 30.9 Å². The number of anilines is 1. The van der Waals surface area contributed by atoms with Crippen LogP contribution in [0, 0.1) is 0 Å². The first-order valence-electron chi connectivity index (χ1n) is 8.16. The molecule has 0 aliphatic carbocycles. The fraction of sp³-hybridized carbons (Fsp3) is 0.263. The van der Waals surface area contributed by atoms with Crippen molar-refractivity contribution in [2.75, 3.05) is 19.0 Å². The van der Waals surface area contributed by atoms with Gasteiger partial charge in [-0.25, -0.2) is 9.78 Å². The lowest BCUT2D eigenvalue weighted by Gasteiger charge is -2.31. The highest BCUT2D eigenvalue weighted by Crippen LogP contribution is 2.47. The molecule has 1 atom stereocenters. The van der Waals surface area contributed by atoms with Gasteiger partial charge in [0.1, 0.15) is 5.76 Å². The van der Waals surface area contributed by atoms with Gasteiger partial charge in [0, 0.05) is 16.4 Å². The van der Waals surface area contributed by atoms with E-state index in [9.17, 15) is 4.79 Å². The highest BCUT2D eigenvalue weighted by Gasteiger charge is 2.35. The quantitative estimate of drug-likeness (QED) is 0.717. The molecule has 26 heavy (non-hydrogen) atoms. The summed E-state index contributed by atoms with van der Waals surface area (Å²) in [5.41, 5.74) is 3.32. The van der Waals surface area contributed by atoms with E-state index in [1.807, 2.05) is 44.2 Å². The van der Waals surface area contributed by atoms with Crippen molar-refractivity contribution < 1.29 is 19.0 Å². The van der Waals surface area contributed by atoms with Gasteiger partial charge in [0.2, 0.25) is 5.88 Å². The number of benzene rings is 1. The van der Waals surface area contributed by atoms with E-state index >= 15 is 0 Å². The summed E-state index contributed by atoms with van der Waals surface area (Å²) in [5, 5.41) is 3.27. The van der Waals surface area contributed by atoms with Crippen LogP contribution < -0.4 is 10.1 Å². The van der Waals surface area contributed by atoms with Gasteiger partial charge in [-0.15, -0.1) is 0 Å². The third-order valence-corrected chi connectivity index (χ3v) is 4.78. The maximum Gasteiger partial charge on any atom is 0.513 e. The van der Waals surface area contributed by atoms with Crippen LogP contribution in [0.4, 0.5) is 10.5 Å². The van der Waals surface area contributed by atoms with Crippen LogP contribution in [0.25, 0.3) is 0 Å². The average Bonchev–Trinajstić information content (AvgIpc) is 2.63. The lowest BCUT2D eigenvalue weighted by atomic mass is 9.86. The Bertz CT molecular complexity index is 866. The second-order valence-electron chi connectivity index (χ2n) is 5.64. The van der Waals surface area contributed by atoms with Crippen molar-refractivity contribution in [3.05, 3.63) is 63.6 Å². The first kappa shape index (κ1) is 18.3. The molecule has 1 N–H and O–H groups in total. The highest BCUT2D eigenvalue weighted by molar-refractivity contribution is 9.10. The number of rotatable bonds is 4. The molecule has 1 aromatic carbocycles. The molecule has 7 heteroatoms. The minimum atomic E-state index is -0.775. The molecule has 2 heterocycles. The molecule has 1 unspecified atom stereocenters. The van der Waals surface area contributed by atoms with Gasteiger partial charge in [-0.2, -0.15) is 0 Å². The van der Waals surface area contributed by atoms with Gasteiger partial charge >= 0.3 is 6.16 Å². The minimum absolute atomic E-state index is 0.379. The zero-order valence-corrected chi connectivity index (χ0v) is 16.3. The zero-order valence-electron chi connectivity index (χ0n) is 14.7. The van der Waals surface area contributed by atoms with Crippen molar-refractivity contribution >= 4 is 27.8 Å². The number of aromatic nitrogens is 1. The first-order chi connectivity index (χ1) is 12.6. The molecular weight excluding hydrogens is 400 g/mol. The highest BCUT2D eigenvalue weighted by atomic mass is 79.9. The number of fused-ring (bicyclic) bond motifs is 1. The third-order valence-electron chi connectivity index (χ3n) is 4.05. The fourth-order valence-corrected chi connectivity index (χ4v) is 3.49. The number of methoxy groups -OCH3 is 1. The van der Waals surface area contributed by atoms with Crippen molar-refractivity contribution in [1.82, 2.24) is 4.98 Å². The average molecular weight is 419 g/mol. The summed E-state index contributed by atoms with van der Waals surface area (Å²) in [6.07, 6.45) is 0.913. The van der Waals surface area contributed by atoms with Crippen LogP contribution in [-0.4, -0.2) is 24.9 Å². The van der Waals surface area contributed by atoms with E-state index in [4.69, 9.17) is 14.2 Å². The van der Waals surface area contributed by atoms with E-state index in [1.165, 1.54) is 7.11 Å². The largest absolute Gasteiger partial charge is 0.513 e. The molecule has 0 saturated carbocycles. The maximum atomic E-state index is 11.8. The van der Waals surface area contributed by atoms with E-state index in [0.717, 1.165) is 27.0 Å². The van der Waals surface area contributed by atoms with E-state index in [0.29, 0.717) is 18.2 Å². The Labute approximate surface area is 160 Å². The molecule has 0 spiro atoms. The molecule has 1 aromatic heterocycles. The summed E-state index contributed by atoms with van der Waals surface area (Å²) in [6.45, 7) is 4.23. The summed E-state index contributed by atoms with van der Waals surface area (Å²) >= 11 is 3.60. The third kappa shape index (κ3) is 3.39. The summed E-state index contributed by atoms with van der Waals surface area (Å²) in [6, 6.07) is 9.66. The van der Waals surface area contributed by atoms with Gasteiger partial charge in [-0.3, -0.25) is 0 Å². The fourth-order valence-electron chi connectivity index (χ4n) is 2.98. The monoisotopic (exact) mass is 418 g/mol. The molecule has 0 fully saturated rings. The van der Waals surface area contributed by atoms with Crippen LogP contribution >= 0.6 is 15.9 Å². The molecule has 136 valence electrons. The van der Waals surface area contributed by atoms with Gasteiger partial charge < -0.3 is 19.5 Å². The van der Waals surface area contributed by atoms with Gasteiger partial charge in [0.25, 0.3) is 0 Å². The van der Waals surface area contributed by atoms with Crippen LogP contribution in [0.5, 0.6) is 5.88 Å². The number of carbonyl (C=O) groups is 1. The van der Waals surface area contributed by atoms with Crippen LogP contribution in [0.2, 0.25) is 0 Å². The Morgan fingerprint density at radius 1 is 1.31 bits per heavy atom. The van der Waals surface area contributed by atoms with Crippen molar-refractivity contribution in [3.8, 4) is 5.88 Å². The Kier molecular flexibility index (Phi) is 5.46. The Morgan fingerprint density at radius 2 is 2.08 bits per heavy atom. The summed E-state index contributed by atoms with van der Waals surface area (Å²) in [7, 11) is 1.28. The number of ether oxygens (including phenoxy) is 3. The van der Waals surface area contributed by atoms with E-state index in [2.05, 4.69) is 26.2 Å². The first-order valence-corrected chi connectivity index (χ1v) is 8.95. The van der Waals surface area contributed by atoms with Crippen molar-refractivity contribution in [1.29, 1.82) is 0 Å².